The SMILES string of the molecule is CCCNC1CCCCCC1Sc1ccc([N+](=O)[O-])cc1. The Morgan fingerprint density at radius 1 is 1.24 bits per heavy atom. The number of nitrogens with one attached hydrogen (secondary N) is 1. The highest BCUT2D eigenvalue weighted by atomic mass is 32.2. The number of thioether (sulfide) groups is 1. The minimum absolute atomic E-state index is 0.167. The Bertz CT molecular complexity index is 450. The molecule has 1 fully saturated rings. The van der Waals surface area contributed by atoms with E-state index in [0.29, 0.717) is 11.3 Å². The van der Waals surface area contributed by atoms with Gasteiger partial charge in [-0.1, -0.05) is 26.2 Å². The van der Waals surface area contributed by atoms with Crippen molar-refractivity contribution in [2.75, 3.05) is 6.54 Å². The van der Waals surface area contributed by atoms with E-state index in [-0.39, 0.29) is 10.6 Å². The van der Waals surface area contributed by atoms with Gasteiger partial charge in [-0.25, -0.2) is 0 Å². The first-order valence-corrected chi connectivity index (χ1v) is 8.73. The molecule has 0 amide bonds. The van der Waals surface area contributed by atoms with Crippen LogP contribution in [0.5, 0.6) is 0 Å². The highest BCUT2D eigenvalue weighted by molar-refractivity contribution is 8.00. The molecule has 1 aromatic rings. The molecule has 1 aliphatic carbocycles. The third kappa shape index (κ3) is 5.00. The van der Waals surface area contributed by atoms with Crippen LogP contribution < -0.4 is 5.32 Å². The third-order valence-corrected chi connectivity index (χ3v) is 5.36. The molecule has 5 heteroatoms. The summed E-state index contributed by atoms with van der Waals surface area (Å²) in [4.78, 5) is 11.5. The lowest BCUT2D eigenvalue weighted by molar-refractivity contribution is -0.384. The highest BCUT2D eigenvalue weighted by Gasteiger charge is 2.24. The predicted molar refractivity (Wildman–Crippen MR) is 87.9 cm³/mol. The summed E-state index contributed by atoms with van der Waals surface area (Å²) in [5, 5.41) is 15.0. The highest BCUT2D eigenvalue weighted by Crippen LogP contribution is 2.33. The molecule has 1 saturated carbocycles. The van der Waals surface area contributed by atoms with E-state index < -0.39 is 0 Å². The number of nitro benzene ring substituents is 1. The van der Waals surface area contributed by atoms with Crippen LogP contribution in [0.4, 0.5) is 5.69 Å². The van der Waals surface area contributed by atoms with Crippen molar-refractivity contribution in [2.24, 2.45) is 0 Å². The van der Waals surface area contributed by atoms with E-state index in [4.69, 9.17) is 0 Å². The fraction of sp³-hybridized carbons (Fsp3) is 0.625. The molecule has 0 bridgehead atoms. The molecule has 0 aliphatic heterocycles. The first-order chi connectivity index (χ1) is 10.2. The molecule has 1 N–H and O–H groups in total. The maximum absolute atomic E-state index is 10.7. The lowest BCUT2D eigenvalue weighted by Crippen LogP contribution is -2.37. The molecular formula is C16H24N2O2S. The maximum atomic E-state index is 10.7. The molecule has 2 unspecified atom stereocenters. The Morgan fingerprint density at radius 2 is 1.95 bits per heavy atom. The summed E-state index contributed by atoms with van der Waals surface area (Å²) >= 11 is 1.87. The van der Waals surface area contributed by atoms with Crippen LogP contribution in [0.1, 0.15) is 45.4 Å². The van der Waals surface area contributed by atoms with Gasteiger partial charge >= 0.3 is 0 Å². The van der Waals surface area contributed by atoms with Gasteiger partial charge in [-0.3, -0.25) is 10.1 Å². The van der Waals surface area contributed by atoms with E-state index in [1.807, 2.05) is 23.9 Å². The Morgan fingerprint density at radius 3 is 2.62 bits per heavy atom. The summed E-state index contributed by atoms with van der Waals surface area (Å²) in [6.07, 6.45) is 7.54. The Balaban J connectivity index is 2.01. The zero-order chi connectivity index (χ0) is 15.1. The fourth-order valence-corrected chi connectivity index (χ4v) is 4.12. The summed E-state index contributed by atoms with van der Waals surface area (Å²) < 4.78 is 0. The minimum atomic E-state index is -0.342. The van der Waals surface area contributed by atoms with Crippen LogP contribution in [-0.2, 0) is 0 Å². The van der Waals surface area contributed by atoms with Gasteiger partial charge in [0.25, 0.3) is 5.69 Å². The maximum Gasteiger partial charge on any atom is 0.269 e. The van der Waals surface area contributed by atoms with Crippen LogP contribution in [0.25, 0.3) is 0 Å². The number of hydrogen-bond acceptors (Lipinski definition) is 4. The van der Waals surface area contributed by atoms with E-state index in [1.54, 1.807) is 12.1 Å². The summed E-state index contributed by atoms with van der Waals surface area (Å²) in [5.41, 5.74) is 0.167. The van der Waals surface area contributed by atoms with Crippen LogP contribution in [0, 0.1) is 10.1 Å². The molecule has 1 aliphatic rings. The van der Waals surface area contributed by atoms with Crippen molar-refractivity contribution in [1.82, 2.24) is 5.32 Å². The van der Waals surface area contributed by atoms with Gasteiger partial charge in [0.15, 0.2) is 0 Å². The van der Waals surface area contributed by atoms with Gasteiger partial charge in [0.2, 0.25) is 0 Å². The van der Waals surface area contributed by atoms with Crippen molar-refractivity contribution in [1.29, 1.82) is 0 Å². The van der Waals surface area contributed by atoms with E-state index in [9.17, 15) is 10.1 Å². The average molecular weight is 308 g/mol. The van der Waals surface area contributed by atoms with Crippen molar-refractivity contribution >= 4 is 17.4 Å². The predicted octanol–water partition coefficient (Wildman–Crippen LogP) is 4.39. The number of rotatable bonds is 6. The number of benzene rings is 1. The summed E-state index contributed by atoms with van der Waals surface area (Å²) in [5.74, 6) is 0. The topological polar surface area (TPSA) is 55.2 Å². The largest absolute Gasteiger partial charge is 0.313 e. The molecule has 2 rings (SSSR count). The second kappa shape index (κ2) is 8.39. The Labute approximate surface area is 130 Å². The standard InChI is InChI=1S/C16H24N2O2S/c1-2-12-17-15-6-4-3-5-7-16(15)21-14-10-8-13(9-11-14)18(19)20/h8-11,15-17H,2-7,12H2,1H3. The van der Waals surface area contributed by atoms with Gasteiger partial charge in [0.05, 0.1) is 4.92 Å². The van der Waals surface area contributed by atoms with Gasteiger partial charge in [-0.2, -0.15) is 0 Å². The number of hydrogen-bond donors (Lipinski definition) is 1. The van der Waals surface area contributed by atoms with Crippen molar-refractivity contribution in [3.05, 3.63) is 34.4 Å². The van der Waals surface area contributed by atoms with Crippen molar-refractivity contribution in [2.45, 2.75) is 61.6 Å². The molecule has 4 nitrogen and oxygen atoms in total. The summed E-state index contributed by atoms with van der Waals surface area (Å²) in [6, 6.07) is 7.53. The molecule has 0 heterocycles. The van der Waals surface area contributed by atoms with Gasteiger partial charge in [0, 0.05) is 28.3 Å². The van der Waals surface area contributed by atoms with Crippen molar-refractivity contribution in [3.8, 4) is 0 Å². The molecule has 116 valence electrons. The Kier molecular flexibility index (Phi) is 6.51. The molecule has 1 aromatic carbocycles. The van der Waals surface area contributed by atoms with Crippen LogP contribution in [0.3, 0.4) is 0 Å². The van der Waals surface area contributed by atoms with Crippen LogP contribution in [-0.4, -0.2) is 22.8 Å². The van der Waals surface area contributed by atoms with Gasteiger partial charge < -0.3 is 5.32 Å². The minimum Gasteiger partial charge on any atom is -0.313 e. The van der Waals surface area contributed by atoms with Crippen molar-refractivity contribution < 1.29 is 4.92 Å². The van der Waals surface area contributed by atoms with E-state index in [1.165, 1.54) is 32.1 Å². The van der Waals surface area contributed by atoms with Crippen LogP contribution >= 0.6 is 11.8 Å². The number of nitrogens with zero attached hydrogens (tertiary/aromatic N) is 1. The number of nitro groups is 1. The van der Waals surface area contributed by atoms with Crippen LogP contribution in [0.15, 0.2) is 29.2 Å². The Hall–Kier alpha value is -1.07. The quantitative estimate of drug-likeness (QED) is 0.481. The molecule has 0 aromatic heterocycles. The first-order valence-electron chi connectivity index (χ1n) is 7.85. The van der Waals surface area contributed by atoms with Crippen molar-refractivity contribution in [3.63, 3.8) is 0 Å². The first kappa shape index (κ1) is 16.3. The summed E-state index contributed by atoms with van der Waals surface area (Å²) in [6.45, 7) is 3.27. The molecular weight excluding hydrogens is 284 g/mol. The second-order valence-corrected chi connectivity index (χ2v) is 6.92. The molecule has 0 radical (unpaired) electrons. The monoisotopic (exact) mass is 308 g/mol. The zero-order valence-electron chi connectivity index (χ0n) is 12.6. The molecule has 0 spiro atoms. The fourth-order valence-electron chi connectivity index (χ4n) is 2.80. The zero-order valence-corrected chi connectivity index (χ0v) is 13.4. The lowest BCUT2D eigenvalue weighted by atomic mass is 10.1. The molecule has 0 saturated heterocycles. The van der Waals surface area contributed by atoms with E-state index in [2.05, 4.69) is 12.2 Å². The van der Waals surface area contributed by atoms with Gasteiger partial charge in [0.1, 0.15) is 0 Å². The average Bonchev–Trinajstić information content (AvgIpc) is 2.71. The number of non-ortho nitro benzene ring substituents is 1. The van der Waals surface area contributed by atoms with E-state index >= 15 is 0 Å². The third-order valence-electron chi connectivity index (χ3n) is 3.94. The van der Waals surface area contributed by atoms with Gasteiger partial charge in [-0.15, -0.1) is 11.8 Å². The lowest BCUT2D eigenvalue weighted by Gasteiger charge is -2.25. The second-order valence-electron chi connectivity index (χ2n) is 5.61. The smallest absolute Gasteiger partial charge is 0.269 e. The molecule has 2 atom stereocenters. The van der Waals surface area contributed by atoms with E-state index in [0.717, 1.165) is 17.9 Å². The normalized spacial score (nSPS) is 22.7. The van der Waals surface area contributed by atoms with Crippen LogP contribution in [0.2, 0.25) is 0 Å². The molecule has 21 heavy (non-hydrogen) atoms. The van der Waals surface area contributed by atoms with Gasteiger partial charge in [-0.05, 0) is 37.9 Å². The summed E-state index contributed by atoms with van der Waals surface area (Å²) in [7, 11) is 0.